The highest BCUT2D eigenvalue weighted by molar-refractivity contribution is 7.92. The lowest BCUT2D eigenvalue weighted by molar-refractivity contribution is -0.139. The summed E-state index contributed by atoms with van der Waals surface area (Å²) in [7, 11) is -4.21. The molecular weight excluding hydrogens is 541 g/mol. The molecule has 0 radical (unpaired) electrons. The number of nitrogens with one attached hydrogen (secondary N) is 1. The average molecular weight is 574 g/mol. The van der Waals surface area contributed by atoms with E-state index in [1.807, 2.05) is 6.92 Å². The van der Waals surface area contributed by atoms with Crippen LogP contribution in [0.15, 0.2) is 71.6 Å². The summed E-state index contributed by atoms with van der Waals surface area (Å²) in [6.07, 6.45) is 0. The van der Waals surface area contributed by atoms with E-state index in [-0.39, 0.29) is 28.7 Å². The van der Waals surface area contributed by atoms with Crippen LogP contribution in [0.4, 0.5) is 10.1 Å². The van der Waals surface area contributed by atoms with Gasteiger partial charge in [-0.05, 0) is 76.6 Å². The summed E-state index contributed by atoms with van der Waals surface area (Å²) >= 11 is 6.13. The first kappa shape index (κ1) is 30.1. The Morgan fingerprint density at radius 2 is 1.62 bits per heavy atom. The second kappa shape index (κ2) is 12.6. The molecular formula is C29H33ClFN3O4S. The van der Waals surface area contributed by atoms with Crippen LogP contribution in [0, 0.1) is 19.7 Å². The zero-order valence-corrected chi connectivity index (χ0v) is 24.2. The van der Waals surface area contributed by atoms with Gasteiger partial charge < -0.3 is 10.2 Å². The number of aryl methyl sites for hydroxylation is 2. The second-order valence-corrected chi connectivity index (χ2v) is 12.0. The van der Waals surface area contributed by atoms with Crippen LogP contribution in [0.5, 0.6) is 0 Å². The Morgan fingerprint density at radius 1 is 0.974 bits per heavy atom. The van der Waals surface area contributed by atoms with Crippen LogP contribution in [0.1, 0.15) is 37.5 Å². The topological polar surface area (TPSA) is 86.8 Å². The fourth-order valence-electron chi connectivity index (χ4n) is 4.05. The third kappa shape index (κ3) is 7.36. The Labute approximate surface area is 234 Å². The normalized spacial score (nSPS) is 12.2. The molecule has 0 saturated heterocycles. The van der Waals surface area contributed by atoms with E-state index in [0.29, 0.717) is 10.6 Å². The molecule has 1 unspecified atom stereocenters. The van der Waals surface area contributed by atoms with Gasteiger partial charge >= 0.3 is 0 Å². The summed E-state index contributed by atoms with van der Waals surface area (Å²) in [5, 5.41) is 3.18. The van der Waals surface area contributed by atoms with Crippen molar-refractivity contribution in [1.29, 1.82) is 0 Å². The van der Waals surface area contributed by atoms with Crippen molar-refractivity contribution in [3.05, 3.63) is 94.3 Å². The van der Waals surface area contributed by atoms with E-state index < -0.39 is 40.2 Å². The molecule has 0 spiro atoms. The van der Waals surface area contributed by atoms with Crippen LogP contribution in [0.25, 0.3) is 0 Å². The second-order valence-electron chi connectivity index (χ2n) is 9.71. The van der Waals surface area contributed by atoms with Gasteiger partial charge in [0.05, 0.1) is 10.6 Å². The van der Waals surface area contributed by atoms with Crippen LogP contribution in [-0.2, 0) is 26.2 Å². The molecule has 0 fully saturated rings. The van der Waals surface area contributed by atoms with Crippen LogP contribution in [0.2, 0.25) is 5.02 Å². The minimum Gasteiger partial charge on any atom is -0.352 e. The summed E-state index contributed by atoms with van der Waals surface area (Å²) < 4.78 is 43.4. The smallest absolute Gasteiger partial charge is 0.264 e. The first-order chi connectivity index (χ1) is 18.3. The fourth-order valence-corrected chi connectivity index (χ4v) is 5.75. The molecule has 2 amide bonds. The quantitative estimate of drug-likeness (QED) is 0.360. The van der Waals surface area contributed by atoms with Crippen molar-refractivity contribution in [1.82, 2.24) is 10.2 Å². The summed E-state index contributed by atoms with van der Waals surface area (Å²) in [6, 6.07) is 15.7. The number of sulfonamides is 1. The van der Waals surface area contributed by atoms with Crippen LogP contribution in [0.3, 0.4) is 0 Å². The number of hydrogen-bond acceptors (Lipinski definition) is 4. The first-order valence-electron chi connectivity index (χ1n) is 12.5. The highest BCUT2D eigenvalue weighted by Gasteiger charge is 2.33. The summed E-state index contributed by atoms with van der Waals surface area (Å²) in [6.45, 7) is 7.79. The molecule has 3 aromatic carbocycles. The molecule has 39 heavy (non-hydrogen) atoms. The third-order valence-electron chi connectivity index (χ3n) is 6.21. The van der Waals surface area contributed by atoms with E-state index in [0.717, 1.165) is 9.87 Å². The molecule has 7 nitrogen and oxygen atoms in total. The van der Waals surface area contributed by atoms with Crippen molar-refractivity contribution < 1.29 is 22.4 Å². The molecule has 1 atom stereocenters. The number of amides is 2. The van der Waals surface area contributed by atoms with Gasteiger partial charge in [-0.2, -0.15) is 0 Å². The molecule has 0 aliphatic carbocycles. The molecule has 0 aromatic heterocycles. The standard InChI is InChI=1S/C29H33ClFN3O4S/c1-19(2)32-29(36)22(5)33(17-23-8-6-7-9-26(23)31)28(35)18-34(27-15-12-24(30)16-21(27)4)39(37,38)25-13-10-20(3)11-14-25/h6-16,19,22H,17-18H2,1-5H3,(H,32,36). The van der Waals surface area contributed by atoms with Crippen molar-refractivity contribution in [2.75, 3.05) is 10.8 Å². The van der Waals surface area contributed by atoms with Gasteiger partial charge in [-0.1, -0.05) is 47.5 Å². The molecule has 0 aliphatic heterocycles. The number of rotatable bonds is 10. The number of halogens is 2. The van der Waals surface area contributed by atoms with E-state index in [1.54, 1.807) is 51.1 Å². The Morgan fingerprint density at radius 3 is 2.21 bits per heavy atom. The third-order valence-corrected chi connectivity index (χ3v) is 8.22. The van der Waals surface area contributed by atoms with E-state index in [9.17, 15) is 22.4 Å². The van der Waals surface area contributed by atoms with E-state index >= 15 is 0 Å². The number of nitrogens with zero attached hydrogens (tertiary/aromatic N) is 2. The van der Waals surface area contributed by atoms with E-state index in [2.05, 4.69) is 5.32 Å². The number of benzene rings is 3. The summed E-state index contributed by atoms with van der Waals surface area (Å²) in [4.78, 5) is 28.0. The Bertz CT molecular complexity index is 1450. The monoisotopic (exact) mass is 573 g/mol. The molecule has 10 heteroatoms. The highest BCUT2D eigenvalue weighted by Crippen LogP contribution is 2.29. The molecule has 0 aliphatic rings. The van der Waals surface area contributed by atoms with E-state index in [1.165, 1.54) is 48.2 Å². The van der Waals surface area contributed by atoms with Crippen molar-refractivity contribution in [2.45, 2.75) is 58.1 Å². The molecule has 3 rings (SSSR count). The van der Waals surface area contributed by atoms with Crippen LogP contribution in [-0.4, -0.2) is 43.8 Å². The van der Waals surface area contributed by atoms with Crippen LogP contribution >= 0.6 is 11.6 Å². The summed E-state index contributed by atoms with van der Waals surface area (Å²) in [5.74, 6) is -1.65. The van der Waals surface area contributed by atoms with Gasteiger partial charge in [0.15, 0.2) is 0 Å². The zero-order valence-electron chi connectivity index (χ0n) is 22.6. The molecule has 1 N–H and O–H groups in total. The van der Waals surface area contributed by atoms with Gasteiger partial charge in [0, 0.05) is 23.2 Å². The molecule has 3 aromatic rings. The van der Waals surface area contributed by atoms with Gasteiger partial charge in [0.25, 0.3) is 10.0 Å². The molecule has 0 saturated carbocycles. The average Bonchev–Trinajstić information content (AvgIpc) is 2.86. The van der Waals surface area contributed by atoms with Gasteiger partial charge in [0.2, 0.25) is 11.8 Å². The molecule has 208 valence electrons. The highest BCUT2D eigenvalue weighted by atomic mass is 35.5. The van der Waals surface area contributed by atoms with Gasteiger partial charge in [-0.3, -0.25) is 13.9 Å². The number of anilines is 1. The van der Waals surface area contributed by atoms with Crippen LogP contribution < -0.4 is 9.62 Å². The van der Waals surface area contributed by atoms with Crippen molar-refractivity contribution >= 4 is 39.1 Å². The van der Waals surface area contributed by atoms with E-state index in [4.69, 9.17) is 11.6 Å². The Balaban J connectivity index is 2.08. The SMILES string of the molecule is Cc1ccc(S(=O)(=O)N(CC(=O)N(Cc2ccccc2F)C(C)C(=O)NC(C)C)c2ccc(Cl)cc2C)cc1. The van der Waals surface area contributed by atoms with Gasteiger partial charge in [-0.25, -0.2) is 12.8 Å². The van der Waals surface area contributed by atoms with Gasteiger partial charge in [-0.15, -0.1) is 0 Å². The lowest BCUT2D eigenvalue weighted by atomic mass is 10.1. The number of hydrogen-bond donors (Lipinski definition) is 1. The first-order valence-corrected chi connectivity index (χ1v) is 14.3. The lowest BCUT2D eigenvalue weighted by Gasteiger charge is -2.32. The zero-order chi connectivity index (χ0) is 28.9. The predicted octanol–water partition coefficient (Wildman–Crippen LogP) is 5.23. The number of carbonyl (C=O) groups is 2. The largest absolute Gasteiger partial charge is 0.352 e. The number of carbonyl (C=O) groups excluding carboxylic acids is 2. The molecule has 0 heterocycles. The van der Waals surface area contributed by atoms with Gasteiger partial charge in [0.1, 0.15) is 18.4 Å². The maximum Gasteiger partial charge on any atom is 0.264 e. The fraction of sp³-hybridized carbons (Fsp3) is 0.310. The van der Waals surface area contributed by atoms with Crippen molar-refractivity contribution in [2.24, 2.45) is 0 Å². The minimum atomic E-state index is -4.21. The van der Waals surface area contributed by atoms with Crippen molar-refractivity contribution in [3.8, 4) is 0 Å². The molecule has 0 bridgehead atoms. The minimum absolute atomic E-state index is 0.00139. The maximum atomic E-state index is 14.6. The lowest BCUT2D eigenvalue weighted by Crippen LogP contribution is -2.52. The maximum absolute atomic E-state index is 14.6. The summed E-state index contributed by atoms with van der Waals surface area (Å²) in [5.41, 5.74) is 1.88. The Hall–Kier alpha value is -3.43. The van der Waals surface area contributed by atoms with Crippen molar-refractivity contribution in [3.63, 3.8) is 0 Å². The Kier molecular flexibility index (Phi) is 9.74. The predicted molar refractivity (Wildman–Crippen MR) is 152 cm³/mol.